The van der Waals surface area contributed by atoms with Crippen molar-refractivity contribution >= 4 is 22.9 Å². The van der Waals surface area contributed by atoms with Crippen LogP contribution < -0.4 is 5.43 Å². The minimum Gasteiger partial charge on any atom is -0.507 e. The van der Waals surface area contributed by atoms with E-state index in [-0.39, 0.29) is 5.75 Å². The van der Waals surface area contributed by atoms with Crippen LogP contribution in [-0.2, 0) is 0 Å². The maximum atomic E-state index is 9.75. The van der Waals surface area contributed by atoms with Crippen LogP contribution in [0.25, 0.3) is 16.5 Å². The molecule has 0 spiro atoms. The molecule has 4 aromatic rings. The lowest BCUT2D eigenvalue weighted by molar-refractivity contribution is 0.474. The molecule has 0 aliphatic rings. The molecule has 7 nitrogen and oxygen atoms in total. The van der Waals surface area contributed by atoms with E-state index in [1.165, 1.54) is 6.21 Å². The number of phenols is 1. The first kappa shape index (κ1) is 14.8. The summed E-state index contributed by atoms with van der Waals surface area (Å²) in [6.07, 6.45) is 1.51. The number of tetrazole rings is 1. The molecular weight excluding hydrogens is 316 g/mol. The molecule has 4 rings (SSSR count). The molecule has 0 aliphatic heterocycles. The van der Waals surface area contributed by atoms with Gasteiger partial charge in [-0.15, -0.1) is 0 Å². The zero-order valence-electron chi connectivity index (χ0n) is 13.1. The van der Waals surface area contributed by atoms with Gasteiger partial charge in [-0.2, -0.15) is 9.78 Å². The van der Waals surface area contributed by atoms with E-state index in [1.54, 1.807) is 22.9 Å². The molecule has 0 saturated carbocycles. The number of aromatic nitrogens is 4. The summed E-state index contributed by atoms with van der Waals surface area (Å²) in [7, 11) is 0. The lowest BCUT2D eigenvalue weighted by Gasteiger charge is -2.07. The van der Waals surface area contributed by atoms with Gasteiger partial charge in [0.25, 0.3) is 5.95 Å². The summed E-state index contributed by atoms with van der Waals surface area (Å²) >= 11 is 0. The van der Waals surface area contributed by atoms with Gasteiger partial charge in [0.05, 0.1) is 11.9 Å². The lowest BCUT2D eigenvalue weighted by atomic mass is 10.1. The van der Waals surface area contributed by atoms with E-state index in [0.29, 0.717) is 11.5 Å². The fourth-order valence-electron chi connectivity index (χ4n) is 2.57. The highest BCUT2D eigenvalue weighted by molar-refractivity contribution is 5.90. The Balaban J connectivity index is 1.66. The molecule has 0 radical (unpaired) electrons. The molecule has 0 atom stereocenters. The van der Waals surface area contributed by atoms with E-state index in [1.807, 2.05) is 48.5 Å². The normalized spacial score (nSPS) is 11.2. The van der Waals surface area contributed by atoms with Crippen molar-refractivity contribution < 1.29 is 5.11 Å². The molecule has 1 aromatic heterocycles. The van der Waals surface area contributed by atoms with E-state index in [0.717, 1.165) is 16.5 Å². The van der Waals surface area contributed by atoms with Gasteiger partial charge >= 0.3 is 0 Å². The van der Waals surface area contributed by atoms with E-state index in [4.69, 9.17) is 0 Å². The van der Waals surface area contributed by atoms with Crippen LogP contribution in [0.3, 0.4) is 0 Å². The Kier molecular flexibility index (Phi) is 3.80. The standard InChI is InChI=1S/C18H14N6O/c25-17-11-4-2-7-14(17)12-19-20-18-21-22-23-24(18)16-10-5-8-13-6-1-3-9-15(13)16/h1-12,25H,(H,20,21,23). The van der Waals surface area contributed by atoms with Gasteiger partial charge in [-0.25, -0.2) is 5.43 Å². The van der Waals surface area contributed by atoms with Gasteiger partial charge < -0.3 is 5.11 Å². The fraction of sp³-hybridized carbons (Fsp3) is 0. The highest BCUT2D eigenvalue weighted by Crippen LogP contribution is 2.23. The van der Waals surface area contributed by atoms with Crippen molar-refractivity contribution in [2.24, 2.45) is 5.10 Å². The number of fused-ring (bicyclic) bond motifs is 1. The quantitative estimate of drug-likeness (QED) is 0.444. The van der Waals surface area contributed by atoms with Crippen molar-refractivity contribution in [3.8, 4) is 11.4 Å². The van der Waals surface area contributed by atoms with E-state index >= 15 is 0 Å². The number of benzene rings is 3. The van der Waals surface area contributed by atoms with Crippen LogP contribution in [-0.4, -0.2) is 31.5 Å². The van der Waals surface area contributed by atoms with Gasteiger partial charge in [0.15, 0.2) is 0 Å². The Morgan fingerprint density at radius 3 is 2.68 bits per heavy atom. The Morgan fingerprint density at radius 2 is 1.76 bits per heavy atom. The van der Waals surface area contributed by atoms with E-state index in [2.05, 4.69) is 26.1 Å². The summed E-state index contributed by atoms with van der Waals surface area (Å²) in [6, 6.07) is 20.9. The first-order valence-electron chi connectivity index (χ1n) is 7.66. The highest BCUT2D eigenvalue weighted by atomic mass is 16.3. The van der Waals surface area contributed by atoms with Gasteiger partial charge in [0.1, 0.15) is 5.75 Å². The molecule has 3 aromatic carbocycles. The molecule has 0 aliphatic carbocycles. The largest absolute Gasteiger partial charge is 0.507 e. The third kappa shape index (κ3) is 2.90. The number of hydrogen-bond acceptors (Lipinski definition) is 6. The fourth-order valence-corrected chi connectivity index (χ4v) is 2.57. The van der Waals surface area contributed by atoms with Gasteiger partial charge in [-0.05, 0) is 34.0 Å². The van der Waals surface area contributed by atoms with Crippen molar-refractivity contribution in [2.45, 2.75) is 0 Å². The summed E-state index contributed by atoms with van der Waals surface area (Å²) in [5.41, 5.74) is 4.26. The molecule has 0 unspecified atom stereocenters. The number of phenolic OH excluding ortho intramolecular Hbond substituents is 1. The average molecular weight is 330 g/mol. The van der Waals surface area contributed by atoms with Crippen molar-refractivity contribution in [1.29, 1.82) is 0 Å². The Hall–Kier alpha value is -3.74. The van der Waals surface area contributed by atoms with E-state index < -0.39 is 0 Å². The Morgan fingerprint density at radius 1 is 0.960 bits per heavy atom. The summed E-state index contributed by atoms with van der Waals surface area (Å²) in [6.45, 7) is 0. The second kappa shape index (κ2) is 6.40. The molecule has 25 heavy (non-hydrogen) atoms. The summed E-state index contributed by atoms with van der Waals surface area (Å²) in [5.74, 6) is 0.532. The summed E-state index contributed by atoms with van der Waals surface area (Å²) < 4.78 is 1.59. The molecule has 122 valence electrons. The van der Waals surface area contributed by atoms with Crippen LogP contribution >= 0.6 is 0 Å². The second-order valence-electron chi connectivity index (χ2n) is 5.34. The number of para-hydroxylation sites is 1. The highest BCUT2D eigenvalue weighted by Gasteiger charge is 2.10. The minimum atomic E-state index is 0.154. The second-order valence-corrected chi connectivity index (χ2v) is 5.34. The van der Waals surface area contributed by atoms with Crippen LogP contribution in [0.15, 0.2) is 71.8 Å². The molecule has 2 N–H and O–H groups in total. The van der Waals surface area contributed by atoms with Crippen LogP contribution in [0.4, 0.5) is 5.95 Å². The van der Waals surface area contributed by atoms with Gasteiger partial charge in [0.2, 0.25) is 0 Å². The SMILES string of the molecule is Oc1ccccc1C=NNc1nnnn1-c1cccc2ccccc12. The van der Waals surface area contributed by atoms with Crippen LogP contribution in [0.1, 0.15) is 5.56 Å². The van der Waals surface area contributed by atoms with E-state index in [9.17, 15) is 5.11 Å². The molecule has 0 bridgehead atoms. The number of anilines is 1. The molecule has 0 saturated heterocycles. The number of nitrogens with zero attached hydrogens (tertiary/aromatic N) is 5. The Bertz CT molecular complexity index is 1050. The number of hydrogen-bond donors (Lipinski definition) is 2. The molecule has 0 fully saturated rings. The Labute approximate surface area is 143 Å². The predicted molar refractivity (Wildman–Crippen MR) is 96.0 cm³/mol. The van der Waals surface area contributed by atoms with Crippen molar-refractivity contribution in [1.82, 2.24) is 20.2 Å². The van der Waals surface area contributed by atoms with Crippen molar-refractivity contribution in [3.05, 3.63) is 72.3 Å². The maximum Gasteiger partial charge on any atom is 0.268 e. The zero-order valence-corrected chi connectivity index (χ0v) is 13.1. The molecule has 1 heterocycles. The summed E-state index contributed by atoms with van der Waals surface area (Å²) in [5, 5.41) is 27.7. The predicted octanol–water partition coefficient (Wildman–Crippen LogP) is 2.97. The third-order valence-electron chi connectivity index (χ3n) is 3.77. The number of hydrazone groups is 1. The van der Waals surface area contributed by atoms with Crippen LogP contribution in [0.5, 0.6) is 5.75 Å². The van der Waals surface area contributed by atoms with Gasteiger partial charge in [-0.3, -0.25) is 0 Å². The summed E-state index contributed by atoms with van der Waals surface area (Å²) in [4.78, 5) is 0. The number of nitrogens with one attached hydrogen (secondary N) is 1. The minimum absolute atomic E-state index is 0.154. The zero-order chi connectivity index (χ0) is 17.1. The van der Waals surface area contributed by atoms with Crippen molar-refractivity contribution in [2.75, 3.05) is 5.43 Å². The smallest absolute Gasteiger partial charge is 0.268 e. The first-order chi connectivity index (χ1) is 12.3. The molecule has 0 amide bonds. The van der Waals surface area contributed by atoms with Gasteiger partial charge in [0, 0.05) is 10.9 Å². The van der Waals surface area contributed by atoms with Crippen molar-refractivity contribution in [3.63, 3.8) is 0 Å². The van der Waals surface area contributed by atoms with Gasteiger partial charge in [-0.1, -0.05) is 53.6 Å². The average Bonchev–Trinajstić information content (AvgIpc) is 3.11. The number of rotatable bonds is 4. The molecule has 7 heteroatoms. The monoisotopic (exact) mass is 330 g/mol. The topological polar surface area (TPSA) is 88.2 Å². The third-order valence-corrected chi connectivity index (χ3v) is 3.77. The molecular formula is C18H14N6O. The maximum absolute atomic E-state index is 9.75. The van der Waals surface area contributed by atoms with Crippen LogP contribution in [0.2, 0.25) is 0 Å². The van der Waals surface area contributed by atoms with Crippen LogP contribution in [0, 0.1) is 0 Å². The lowest BCUT2D eigenvalue weighted by Crippen LogP contribution is -2.04. The first-order valence-corrected chi connectivity index (χ1v) is 7.66. The number of aromatic hydroxyl groups is 1.